The number of hydrogen-bond acceptors (Lipinski definition) is 4. The fourth-order valence-corrected chi connectivity index (χ4v) is 3.06. The van der Waals surface area contributed by atoms with Gasteiger partial charge < -0.3 is 10.2 Å². The molecule has 0 amide bonds. The minimum Gasteiger partial charge on any atom is -0.363 e. The van der Waals surface area contributed by atoms with E-state index in [-0.39, 0.29) is 16.8 Å². The smallest absolute Gasteiger partial charge is 0.269 e. The SMILES string of the molecule is CCCCN1c2ccccc2NC1Cc1cccc([N+](=O)[O-])c1. The van der Waals surface area contributed by atoms with Gasteiger partial charge in [-0.05, 0) is 24.1 Å². The van der Waals surface area contributed by atoms with E-state index in [1.807, 2.05) is 12.1 Å². The van der Waals surface area contributed by atoms with Crippen molar-refractivity contribution in [3.63, 3.8) is 0 Å². The van der Waals surface area contributed by atoms with E-state index in [0.29, 0.717) is 0 Å². The molecule has 1 heterocycles. The Bertz CT molecular complexity index is 702. The van der Waals surface area contributed by atoms with Crippen LogP contribution in [0.2, 0.25) is 0 Å². The lowest BCUT2D eigenvalue weighted by Crippen LogP contribution is -2.38. The van der Waals surface area contributed by atoms with Gasteiger partial charge in [-0.15, -0.1) is 0 Å². The lowest BCUT2D eigenvalue weighted by Gasteiger charge is -2.27. The Balaban J connectivity index is 1.81. The summed E-state index contributed by atoms with van der Waals surface area (Å²) in [7, 11) is 0. The molecule has 0 spiro atoms. The summed E-state index contributed by atoms with van der Waals surface area (Å²) in [5, 5.41) is 14.5. The lowest BCUT2D eigenvalue weighted by atomic mass is 10.1. The van der Waals surface area contributed by atoms with Crippen LogP contribution in [0.3, 0.4) is 0 Å². The zero-order valence-corrected chi connectivity index (χ0v) is 13.2. The minimum atomic E-state index is -0.338. The number of hydrogen-bond donors (Lipinski definition) is 1. The molecule has 1 atom stereocenters. The molecule has 5 heteroatoms. The average molecular weight is 311 g/mol. The third kappa shape index (κ3) is 3.28. The molecule has 1 aliphatic rings. The number of fused-ring (bicyclic) bond motifs is 1. The average Bonchev–Trinajstić information content (AvgIpc) is 2.90. The normalized spacial score (nSPS) is 16.0. The second-order valence-corrected chi connectivity index (χ2v) is 5.86. The van der Waals surface area contributed by atoms with E-state index >= 15 is 0 Å². The van der Waals surface area contributed by atoms with Crippen molar-refractivity contribution in [1.29, 1.82) is 0 Å². The first-order chi connectivity index (χ1) is 11.2. The molecular weight excluding hydrogens is 290 g/mol. The van der Waals surface area contributed by atoms with Gasteiger partial charge in [-0.1, -0.05) is 37.6 Å². The molecule has 0 fully saturated rings. The number of nitrogens with one attached hydrogen (secondary N) is 1. The van der Waals surface area contributed by atoms with Gasteiger partial charge in [0.1, 0.15) is 6.17 Å². The highest BCUT2D eigenvalue weighted by Crippen LogP contribution is 2.35. The summed E-state index contributed by atoms with van der Waals surface area (Å²) in [6.07, 6.45) is 3.14. The van der Waals surface area contributed by atoms with Crippen LogP contribution < -0.4 is 10.2 Å². The Morgan fingerprint density at radius 1 is 1.22 bits per heavy atom. The summed E-state index contributed by atoms with van der Waals surface area (Å²) in [4.78, 5) is 13.0. The van der Waals surface area contributed by atoms with E-state index in [4.69, 9.17) is 0 Å². The van der Waals surface area contributed by atoms with Gasteiger partial charge in [-0.2, -0.15) is 0 Å². The quantitative estimate of drug-likeness (QED) is 0.642. The van der Waals surface area contributed by atoms with Crippen molar-refractivity contribution in [3.05, 3.63) is 64.2 Å². The summed E-state index contributed by atoms with van der Waals surface area (Å²) < 4.78 is 0. The van der Waals surface area contributed by atoms with Gasteiger partial charge >= 0.3 is 0 Å². The Labute approximate surface area is 136 Å². The maximum atomic E-state index is 11.0. The van der Waals surface area contributed by atoms with Gasteiger partial charge in [-0.3, -0.25) is 10.1 Å². The van der Waals surface area contributed by atoms with Crippen LogP contribution in [0.15, 0.2) is 48.5 Å². The van der Waals surface area contributed by atoms with Gasteiger partial charge in [0.05, 0.1) is 16.3 Å². The van der Waals surface area contributed by atoms with E-state index in [9.17, 15) is 10.1 Å². The van der Waals surface area contributed by atoms with Gasteiger partial charge in [0.15, 0.2) is 0 Å². The number of anilines is 2. The Hall–Kier alpha value is -2.56. The predicted octanol–water partition coefficient (Wildman–Crippen LogP) is 4.20. The zero-order chi connectivity index (χ0) is 16.2. The maximum absolute atomic E-state index is 11.0. The molecule has 0 saturated carbocycles. The van der Waals surface area contributed by atoms with Gasteiger partial charge in [0.2, 0.25) is 0 Å². The molecule has 23 heavy (non-hydrogen) atoms. The molecule has 0 bridgehead atoms. The lowest BCUT2D eigenvalue weighted by molar-refractivity contribution is -0.384. The van der Waals surface area contributed by atoms with Crippen molar-refractivity contribution in [2.45, 2.75) is 32.4 Å². The zero-order valence-electron chi connectivity index (χ0n) is 13.2. The molecule has 0 saturated heterocycles. The molecule has 1 aliphatic heterocycles. The number of nitro groups is 1. The first-order valence-corrected chi connectivity index (χ1v) is 8.04. The van der Waals surface area contributed by atoms with E-state index in [1.165, 1.54) is 11.8 Å². The fraction of sp³-hybridized carbons (Fsp3) is 0.333. The number of unbranched alkanes of at least 4 members (excludes halogenated alkanes) is 1. The summed E-state index contributed by atoms with van der Waals surface area (Å²) >= 11 is 0. The fourth-order valence-electron chi connectivity index (χ4n) is 3.06. The summed E-state index contributed by atoms with van der Waals surface area (Å²) in [5.41, 5.74) is 3.49. The molecule has 0 radical (unpaired) electrons. The highest BCUT2D eigenvalue weighted by Gasteiger charge is 2.28. The van der Waals surface area contributed by atoms with Gasteiger partial charge in [0, 0.05) is 25.1 Å². The number of nitrogens with zero attached hydrogens (tertiary/aromatic N) is 2. The number of nitro benzene ring substituents is 1. The summed E-state index contributed by atoms with van der Waals surface area (Å²) in [6.45, 7) is 3.17. The van der Waals surface area contributed by atoms with Crippen molar-refractivity contribution in [2.75, 3.05) is 16.8 Å². The number of para-hydroxylation sites is 2. The number of rotatable bonds is 6. The Morgan fingerprint density at radius 2 is 2.04 bits per heavy atom. The highest BCUT2D eigenvalue weighted by molar-refractivity contribution is 5.76. The van der Waals surface area contributed by atoms with E-state index < -0.39 is 0 Å². The van der Waals surface area contributed by atoms with E-state index in [2.05, 4.69) is 35.3 Å². The monoisotopic (exact) mass is 311 g/mol. The van der Waals surface area contributed by atoms with Crippen LogP contribution in [0.5, 0.6) is 0 Å². The number of non-ortho nitro benzene ring substituents is 1. The molecule has 1 N–H and O–H groups in total. The first kappa shape index (κ1) is 15.3. The van der Waals surface area contributed by atoms with Crippen LogP contribution >= 0.6 is 0 Å². The van der Waals surface area contributed by atoms with Crippen molar-refractivity contribution in [1.82, 2.24) is 0 Å². The van der Waals surface area contributed by atoms with Gasteiger partial charge in [0.25, 0.3) is 5.69 Å². The molecular formula is C18H21N3O2. The third-order valence-electron chi connectivity index (χ3n) is 4.21. The third-order valence-corrected chi connectivity index (χ3v) is 4.21. The van der Waals surface area contributed by atoms with Crippen LogP contribution in [-0.2, 0) is 6.42 Å². The molecule has 2 aromatic carbocycles. The van der Waals surface area contributed by atoms with Crippen LogP contribution in [0.4, 0.5) is 17.1 Å². The second-order valence-electron chi connectivity index (χ2n) is 5.86. The van der Waals surface area contributed by atoms with Crippen molar-refractivity contribution in [3.8, 4) is 0 Å². The summed E-state index contributed by atoms with van der Waals surface area (Å²) in [5.74, 6) is 0. The topological polar surface area (TPSA) is 58.4 Å². The van der Waals surface area contributed by atoms with Gasteiger partial charge in [-0.25, -0.2) is 0 Å². The molecule has 2 aromatic rings. The van der Waals surface area contributed by atoms with Crippen molar-refractivity contribution < 1.29 is 4.92 Å². The largest absolute Gasteiger partial charge is 0.363 e. The van der Waals surface area contributed by atoms with Crippen LogP contribution in [-0.4, -0.2) is 17.6 Å². The van der Waals surface area contributed by atoms with Crippen LogP contribution in [0.25, 0.3) is 0 Å². The van der Waals surface area contributed by atoms with Crippen LogP contribution in [0.1, 0.15) is 25.3 Å². The second kappa shape index (κ2) is 6.69. The first-order valence-electron chi connectivity index (χ1n) is 8.04. The number of benzene rings is 2. The minimum absolute atomic E-state index is 0.140. The standard InChI is InChI=1S/C18H21N3O2/c1-2-3-11-20-17-10-5-4-9-16(17)19-18(20)13-14-7-6-8-15(12-14)21(22)23/h4-10,12,18-19H,2-3,11,13H2,1H3. The molecule has 0 aromatic heterocycles. The van der Waals surface area contributed by atoms with Crippen LogP contribution in [0, 0.1) is 10.1 Å². The van der Waals surface area contributed by atoms with Crippen molar-refractivity contribution in [2.24, 2.45) is 0 Å². The highest BCUT2D eigenvalue weighted by atomic mass is 16.6. The maximum Gasteiger partial charge on any atom is 0.269 e. The molecule has 3 rings (SSSR count). The predicted molar refractivity (Wildman–Crippen MR) is 92.9 cm³/mol. The Morgan fingerprint density at radius 3 is 2.83 bits per heavy atom. The molecule has 0 aliphatic carbocycles. The molecule has 1 unspecified atom stereocenters. The van der Waals surface area contributed by atoms with Crippen molar-refractivity contribution >= 4 is 17.1 Å². The molecule has 120 valence electrons. The van der Waals surface area contributed by atoms with E-state index in [1.54, 1.807) is 12.1 Å². The molecule has 5 nitrogen and oxygen atoms in total. The summed E-state index contributed by atoms with van der Waals surface area (Å²) in [6, 6.07) is 15.2. The van der Waals surface area contributed by atoms with E-state index in [0.717, 1.165) is 37.1 Å². The Kier molecular flexibility index (Phi) is 4.46.